The average Bonchev–Trinajstić information content (AvgIpc) is 2.81. The van der Waals surface area contributed by atoms with Gasteiger partial charge in [-0.3, -0.25) is 14.4 Å². The fraction of sp³-hybridized carbons (Fsp3) is 0.524. The molecular weight excluding hydrogens is 436 g/mol. The topological polar surface area (TPSA) is 178 Å². The predicted molar refractivity (Wildman–Crippen MR) is 117 cm³/mol. The Balaban J connectivity index is 2.34. The van der Waals surface area contributed by atoms with Crippen LogP contribution in [0.3, 0.4) is 0 Å². The summed E-state index contributed by atoms with van der Waals surface area (Å²) >= 11 is 0. The Labute approximate surface area is 192 Å². The maximum atomic E-state index is 12.4. The van der Waals surface area contributed by atoms with Gasteiger partial charge in [0, 0.05) is 13.0 Å². The zero-order valence-corrected chi connectivity index (χ0v) is 18.4. The molecule has 12 heteroatoms. The lowest BCUT2D eigenvalue weighted by atomic mass is 10.1. The Hall–Kier alpha value is -3.22. The van der Waals surface area contributed by atoms with Crippen LogP contribution >= 0.6 is 0 Å². The van der Waals surface area contributed by atoms with Crippen molar-refractivity contribution in [1.29, 1.82) is 0 Å². The molecular formula is C21H32N4O8. The van der Waals surface area contributed by atoms with Gasteiger partial charge in [-0.15, -0.1) is 0 Å². The van der Waals surface area contributed by atoms with Gasteiger partial charge in [-0.05, 0) is 12.0 Å². The van der Waals surface area contributed by atoms with E-state index in [1.807, 2.05) is 6.07 Å². The SMILES string of the molecule is NC(=O)CC[C@H](NC(=O)OCc1ccccc1)C(=O)NCC(=O)NCCOCCOCCO. The van der Waals surface area contributed by atoms with Gasteiger partial charge in [0.1, 0.15) is 12.6 Å². The summed E-state index contributed by atoms with van der Waals surface area (Å²) in [6, 6.07) is 7.87. The lowest BCUT2D eigenvalue weighted by Gasteiger charge is -2.18. The van der Waals surface area contributed by atoms with E-state index in [0.29, 0.717) is 13.2 Å². The number of hydrogen-bond donors (Lipinski definition) is 5. The number of nitrogens with one attached hydrogen (secondary N) is 3. The minimum absolute atomic E-state index is 0.00880. The molecule has 0 aliphatic carbocycles. The molecule has 0 spiro atoms. The third-order valence-electron chi connectivity index (χ3n) is 4.10. The van der Waals surface area contributed by atoms with Crippen LogP contribution in [-0.2, 0) is 35.2 Å². The van der Waals surface area contributed by atoms with E-state index in [4.69, 9.17) is 25.1 Å². The van der Waals surface area contributed by atoms with Crippen LogP contribution in [0, 0.1) is 0 Å². The van der Waals surface area contributed by atoms with Crippen molar-refractivity contribution < 1.29 is 38.5 Å². The van der Waals surface area contributed by atoms with Crippen LogP contribution in [0.1, 0.15) is 18.4 Å². The second-order valence-corrected chi connectivity index (χ2v) is 6.78. The highest BCUT2D eigenvalue weighted by molar-refractivity contribution is 5.89. The Morgan fingerprint density at radius 1 is 0.970 bits per heavy atom. The number of aliphatic hydroxyl groups excluding tert-OH is 1. The third-order valence-corrected chi connectivity index (χ3v) is 4.10. The fourth-order valence-electron chi connectivity index (χ4n) is 2.46. The molecule has 4 amide bonds. The molecule has 1 rings (SSSR count). The number of aliphatic hydroxyl groups is 1. The Bertz CT molecular complexity index is 732. The number of alkyl carbamates (subject to hydrolysis) is 1. The number of carbonyl (C=O) groups is 4. The van der Waals surface area contributed by atoms with E-state index in [2.05, 4.69) is 16.0 Å². The van der Waals surface area contributed by atoms with Gasteiger partial charge in [0.15, 0.2) is 0 Å². The van der Waals surface area contributed by atoms with Crippen LogP contribution < -0.4 is 21.7 Å². The number of rotatable bonds is 17. The van der Waals surface area contributed by atoms with Gasteiger partial charge < -0.3 is 41.0 Å². The van der Waals surface area contributed by atoms with Crippen molar-refractivity contribution in [2.24, 2.45) is 5.73 Å². The lowest BCUT2D eigenvalue weighted by Crippen LogP contribution is -2.49. The Morgan fingerprint density at radius 2 is 1.67 bits per heavy atom. The van der Waals surface area contributed by atoms with Crippen molar-refractivity contribution in [2.45, 2.75) is 25.5 Å². The normalized spacial score (nSPS) is 11.3. The van der Waals surface area contributed by atoms with Crippen LogP contribution in [0.5, 0.6) is 0 Å². The standard InChI is InChI=1S/C21H32N4O8/c22-18(27)7-6-17(25-21(30)33-15-16-4-2-1-3-5-16)20(29)24-14-19(28)23-8-10-31-12-13-32-11-9-26/h1-5,17,26H,6-15H2,(H2,22,27)(H,23,28)(H,24,29)(H,25,30)/t17-/m0/s1. The molecule has 0 radical (unpaired) electrons. The number of primary amides is 1. The second kappa shape index (κ2) is 17.3. The highest BCUT2D eigenvalue weighted by atomic mass is 16.5. The van der Waals surface area contributed by atoms with E-state index in [-0.39, 0.29) is 52.4 Å². The average molecular weight is 469 g/mol. The van der Waals surface area contributed by atoms with Gasteiger partial charge in [0.25, 0.3) is 0 Å². The van der Waals surface area contributed by atoms with Crippen molar-refractivity contribution in [1.82, 2.24) is 16.0 Å². The summed E-state index contributed by atoms with van der Waals surface area (Å²) in [4.78, 5) is 47.4. The van der Waals surface area contributed by atoms with Crippen LogP contribution in [0.25, 0.3) is 0 Å². The van der Waals surface area contributed by atoms with Gasteiger partial charge in [-0.25, -0.2) is 4.79 Å². The molecule has 1 atom stereocenters. The quantitative estimate of drug-likeness (QED) is 0.177. The van der Waals surface area contributed by atoms with Crippen molar-refractivity contribution in [3.63, 3.8) is 0 Å². The van der Waals surface area contributed by atoms with Crippen molar-refractivity contribution in [2.75, 3.05) is 46.1 Å². The van der Waals surface area contributed by atoms with Gasteiger partial charge in [0.2, 0.25) is 17.7 Å². The van der Waals surface area contributed by atoms with Crippen LogP contribution in [0.4, 0.5) is 4.79 Å². The van der Waals surface area contributed by atoms with E-state index in [0.717, 1.165) is 5.56 Å². The maximum Gasteiger partial charge on any atom is 0.408 e. The monoisotopic (exact) mass is 468 g/mol. The Kier molecular flexibility index (Phi) is 14.6. The number of amides is 4. The van der Waals surface area contributed by atoms with E-state index in [1.165, 1.54) is 0 Å². The first kappa shape index (κ1) is 27.8. The minimum Gasteiger partial charge on any atom is -0.445 e. The number of nitrogens with two attached hydrogens (primary N) is 1. The first-order chi connectivity index (χ1) is 15.9. The molecule has 1 aromatic rings. The van der Waals surface area contributed by atoms with Gasteiger partial charge in [-0.1, -0.05) is 30.3 Å². The molecule has 0 heterocycles. The second-order valence-electron chi connectivity index (χ2n) is 6.78. The van der Waals surface area contributed by atoms with Crippen molar-refractivity contribution >= 4 is 23.8 Å². The van der Waals surface area contributed by atoms with E-state index in [1.54, 1.807) is 24.3 Å². The van der Waals surface area contributed by atoms with E-state index >= 15 is 0 Å². The smallest absolute Gasteiger partial charge is 0.408 e. The first-order valence-electron chi connectivity index (χ1n) is 10.5. The van der Waals surface area contributed by atoms with Crippen LogP contribution in [0.2, 0.25) is 0 Å². The highest BCUT2D eigenvalue weighted by Gasteiger charge is 2.22. The van der Waals surface area contributed by atoms with Gasteiger partial charge in [0.05, 0.1) is 39.6 Å². The van der Waals surface area contributed by atoms with Crippen molar-refractivity contribution in [3.05, 3.63) is 35.9 Å². The molecule has 12 nitrogen and oxygen atoms in total. The Morgan fingerprint density at radius 3 is 2.33 bits per heavy atom. The summed E-state index contributed by atoms with van der Waals surface area (Å²) in [7, 11) is 0. The fourth-order valence-corrected chi connectivity index (χ4v) is 2.46. The molecule has 0 aromatic heterocycles. The summed E-state index contributed by atoms with van der Waals surface area (Å²) < 4.78 is 15.3. The zero-order chi connectivity index (χ0) is 24.3. The maximum absolute atomic E-state index is 12.4. The summed E-state index contributed by atoms with van der Waals surface area (Å²) in [5.41, 5.74) is 5.90. The number of carbonyl (C=O) groups excluding carboxylic acids is 4. The first-order valence-corrected chi connectivity index (χ1v) is 10.5. The molecule has 33 heavy (non-hydrogen) atoms. The zero-order valence-electron chi connectivity index (χ0n) is 18.4. The van der Waals surface area contributed by atoms with E-state index < -0.39 is 29.9 Å². The molecule has 0 aliphatic rings. The summed E-state index contributed by atoms with van der Waals surface area (Å²) in [6.07, 6.45) is -1.02. The third kappa shape index (κ3) is 14.5. The molecule has 0 fully saturated rings. The molecule has 0 aliphatic heterocycles. The molecule has 1 aromatic carbocycles. The minimum atomic E-state index is -1.10. The largest absolute Gasteiger partial charge is 0.445 e. The van der Waals surface area contributed by atoms with E-state index in [9.17, 15) is 19.2 Å². The van der Waals surface area contributed by atoms with Crippen molar-refractivity contribution in [3.8, 4) is 0 Å². The molecule has 0 bridgehead atoms. The highest BCUT2D eigenvalue weighted by Crippen LogP contribution is 2.02. The molecule has 0 unspecified atom stereocenters. The molecule has 184 valence electrons. The molecule has 0 saturated carbocycles. The molecule has 0 saturated heterocycles. The molecule has 6 N–H and O–H groups in total. The van der Waals surface area contributed by atoms with Crippen LogP contribution in [0.15, 0.2) is 30.3 Å². The van der Waals surface area contributed by atoms with Gasteiger partial charge >= 0.3 is 6.09 Å². The number of hydrogen-bond acceptors (Lipinski definition) is 8. The number of benzene rings is 1. The summed E-state index contributed by atoms with van der Waals surface area (Å²) in [5, 5.41) is 15.9. The summed E-state index contributed by atoms with van der Waals surface area (Å²) in [6.45, 7) is 0.983. The summed E-state index contributed by atoms with van der Waals surface area (Å²) in [5.74, 6) is -1.74. The number of ether oxygens (including phenoxy) is 3. The predicted octanol–water partition coefficient (Wildman–Crippen LogP) is -1.20. The van der Waals surface area contributed by atoms with Crippen LogP contribution in [-0.4, -0.2) is 81.1 Å². The van der Waals surface area contributed by atoms with Gasteiger partial charge in [-0.2, -0.15) is 0 Å². The lowest BCUT2D eigenvalue weighted by molar-refractivity contribution is -0.127.